The number of aromatic hydroxyl groups is 2. The lowest BCUT2D eigenvalue weighted by atomic mass is 9.93. The highest BCUT2D eigenvalue weighted by Crippen LogP contribution is 2.46. The maximum absolute atomic E-state index is 13.0. The van der Waals surface area contributed by atoms with Crippen LogP contribution in [-0.4, -0.2) is 47.6 Å². The highest BCUT2D eigenvalue weighted by molar-refractivity contribution is 7.92. The Balaban J connectivity index is 1.58. The van der Waals surface area contributed by atoms with Gasteiger partial charge in [-0.15, -0.1) is 0 Å². The SMILES string of the molecule is O=C1CCCC(=O)N1CCS(=O)(=O)Nc1cc(-c2c(O)ccc3ccccc23)c(O)c2ccccc12. The van der Waals surface area contributed by atoms with E-state index in [0.29, 0.717) is 28.1 Å². The van der Waals surface area contributed by atoms with Crippen molar-refractivity contribution < 1.29 is 28.2 Å². The van der Waals surface area contributed by atoms with Crippen LogP contribution in [0.2, 0.25) is 0 Å². The normalized spacial score (nSPS) is 14.5. The molecule has 1 aliphatic heterocycles. The van der Waals surface area contributed by atoms with Crippen molar-refractivity contribution in [1.29, 1.82) is 0 Å². The summed E-state index contributed by atoms with van der Waals surface area (Å²) in [4.78, 5) is 25.1. The highest BCUT2D eigenvalue weighted by Gasteiger charge is 2.28. The summed E-state index contributed by atoms with van der Waals surface area (Å²) < 4.78 is 28.6. The molecule has 0 radical (unpaired) electrons. The van der Waals surface area contributed by atoms with Crippen LogP contribution in [0, 0.1) is 0 Å². The van der Waals surface area contributed by atoms with E-state index >= 15 is 0 Å². The zero-order valence-electron chi connectivity index (χ0n) is 19.3. The minimum absolute atomic E-state index is 0.0600. The summed E-state index contributed by atoms with van der Waals surface area (Å²) in [7, 11) is -3.98. The van der Waals surface area contributed by atoms with Gasteiger partial charge in [-0.25, -0.2) is 8.42 Å². The number of imide groups is 1. The van der Waals surface area contributed by atoms with E-state index in [9.17, 15) is 28.2 Å². The molecule has 1 aliphatic rings. The van der Waals surface area contributed by atoms with Crippen LogP contribution in [0.25, 0.3) is 32.7 Å². The number of anilines is 1. The molecule has 1 saturated heterocycles. The molecule has 4 aromatic carbocycles. The molecule has 0 atom stereocenters. The number of piperidine rings is 1. The molecule has 9 heteroatoms. The Morgan fingerprint density at radius 3 is 2.19 bits per heavy atom. The average molecular weight is 505 g/mol. The molecule has 0 aliphatic carbocycles. The van der Waals surface area contributed by atoms with Crippen LogP contribution in [-0.2, 0) is 19.6 Å². The number of hydrogen-bond donors (Lipinski definition) is 3. The number of likely N-dealkylation sites (tertiary alicyclic amines) is 1. The Bertz CT molecular complexity index is 1610. The largest absolute Gasteiger partial charge is 0.507 e. The van der Waals surface area contributed by atoms with Gasteiger partial charge in [0.1, 0.15) is 11.5 Å². The number of amides is 2. The van der Waals surface area contributed by atoms with Gasteiger partial charge in [-0.1, -0.05) is 54.6 Å². The molecular weight excluding hydrogens is 480 g/mol. The molecule has 0 saturated carbocycles. The Hall–Kier alpha value is -4.11. The van der Waals surface area contributed by atoms with E-state index in [4.69, 9.17) is 0 Å². The maximum atomic E-state index is 13.0. The Morgan fingerprint density at radius 2 is 1.47 bits per heavy atom. The van der Waals surface area contributed by atoms with Crippen LogP contribution in [0.5, 0.6) is 11.5 Å². The molecule has 1 fully saturated rings. The van der Waals surface area contributed by atoms with E-state index in [0.717, 1.165) is 10.3 Å². The molecule has 1 heterocycles. The van der Waals surface area contributed by atoms with Crippen molar-refractivity contribution in [2.75, 3.05) is 17.0 Å². The second-order valence-electron chi connectivity index (χ2n) is 8.76. The number of benzene rings is 4. The number of phenolic OH excluding ortho intramolecular Hbond substituents is 2. The third kappa shape index (κ3) is 4.33. The molecule has 8 nitrogen and oxygen atoms in total. The first kappa shape index (κ1) is 23.6. The first-order valence-corrected chi connectivity index (χ1v) is 13.2. The molecule has 3 N–H and O–H groups in total. The first-order chi connectivity index (χ1) is 17.2. The summed E-state index contributed by atoms with van der Waals surface area (Å²) in [5.41, 5.74) is 0.852. The number of sulfonamides is 1. The number of hydrogen-bond acceptors (Lipinski definition) is 6. The fraction of sp³-hybridized carbons (Fsp3) is 0.185. The van der Waals surface area contributed by atoms with Crippen LogP contribution in [0.15, 0.2) is 66.7 Å². The van der Waals surface area contributed by atoms with Crippen molar-refractivity contribution in [3.8, 4) is 22.6 Å². The topological polar surface area (TPSA) is 124 Å². The van der Waals surface area contributed by atoms with Gasteiger partial charge in [-0.3, -0.25) is 19.2 Å². The van der Waals surface area contributed by atoms with Gasteiger partial charge in [0.15, 0.2) is 0 Å². The van der Waals surface area contributed by atoms with Crippen molar-refractivity contribution in [3.05, 3.63) is 66.7 Å². The second-order valence-corrected chi connectivity index (χ2v) is 10.6. The minimum Gasteiger partial charge on any atom is -0.507 e. The molecule has 0 unspecified atom stereocenters. The number of rotatable bonds is 6. The van der Waals surface area contributed by atoms with E-state index in [-0.39, 0.29) is 54.0 Å². The second kappa shape index (κ2) is 9.16. The molecule has 0 bridgehead atoms. The van der Waals surface area contributed by atoms with Crippen molar-refractivity contribution >= 4 is 49.1 Å². The van der Waals surface area contributed by atoms with Crippen LogP contribution < -0.4 is 4.72 Å². The summed E-state index contributed by atoms with van der Waals surface area (Å²) in [5.74, 6) is -1.36. The Kier molecular flexibility index (Phi) is 6.01. The predicted molar refractivity (Wildman–Crippen MR) is 138 cm³/mol. The van der Waals surface area contributed by atoms with E-state index in [1.54, 1.807) is 30.3 Å². The average Bonchev–Trinajstić information content (AvgIpc) is 2.86. The van der Waals surface area contributed by atoms with Crippen molar-refractivity contribution in [2.24, 2.45) is 0 Å². The number of carbonyl (C=O) groups excluding carboxylic acids is 2. The van der Waals surface area contributed by atoms with E-state index in [2.05, 4.69) is 4.72 Å². The van der Waals surface area contributed by atoms with Gasteiger partial charge in [0.25, 0.3) is 0 Å². The van der Waals surface area contributed by atoms with Gasteiger partial charge in [0, 0.05) is 41.3 Å². The Labute approximate surface area is 207 Å². The lowest BCUT2D eigenvalue weighted by Gasteiger charge is -2.24. The zero-order chi connectivity index (χ0) is 25.4. The summed E-state index contributed by atoms with van der Waals surface area (Å²) in [6.45, 7) is -0.236. The lowest BCUT2D eigenvalue weighted by molar-refractivity contribution is -0.147. The number of carbonyl (C=O) groups is 2. The van der Waals surface area contributed by atoms with Gasteiger partial charge in [-0.05, 0) is 29.3 Å². The smallest absolute Gasteiger partial charge is 0.234 e. The van der Waals surface area contributed by atoms with Gasteiger partial charge in [-0.2, -0.15) is 0 Å². The van der Waals surface area contributed by atoms with Crippen molar-refractivity contribution in [1.82, 2.24) is 4.90 Å². The minimum atomic E-state index is -3.98. The molecule has 0 aromatic heterocycles. The third-order valence-electron chi connectivity index (χ3n) is 6.42. The highest BCUT2D eigenvalue weighted by atomic mass is 32.2. The van der Waals surface area contributed by atoms with Gasteiger partial charge in [0.2, 0.25) is 21.8 Å². The molecular formula is C27H24N2O6S. The summed E-state index contributed by atoms with van der Waals surface area (Å²) >= 11 is 0. The van der Waals surface area contributed by atoms with Crippen LogP contribution in [0.3, 0.4) is 0 Å². The first-order valence-electron chi connectivity index (χ1n) is 11.5. The summed E-state index contributed by atoms with van der Waals surface area (Å²) in [6, 6.07) is 18.9. The number of phenols is 2. The van der Waals surface area contributed by atoms with Crippen molar-refractivity contribution in [3.63, 3.8) is 0 Å². The van der Waals surface area contributed by atoms with Gasteiger partial charge in [0.05, 0.1) is 11.4 Å². The lowest BCUT2D eigenvalue weighted by Crippen LogP contribution is -2.43. The number of nitrogens with zero attached hydrogens (tertiary/aromatic N) is 1. The van der Waals surface area contributed by atoms with Gasteiger partial charge >= 0.3 is 0 Å². The van der Waals surface area contributed by atoms with Crippen LogP contribution in [0.4, 0.5) is 5.69 Å². The van der Waals surface area contributed by atoms with E-state index < -0.39 is 15.8 Å². The third-order valence-corrected chi connectivity index (χ3v) is 7.68. The zero-order valence-corrected chi connectivity index (χ0v) is 20.1. The predicted octanol–water partition coefficient (Wildman–Crippen LogP) is 4.35. The molecule has 5 rings (SSSR count). The molecule has 0 spiro atoms. The van der Waals surface area contributed by atoms with Crippen LogP contribution in [0.1, 0.15) is 19.3 Å². The van der Waals surface area contributed by atoms with E-state index in [1.165, 1.54) is 12.1 Å². The maximum Gasteiger partial charge on any atom is 0.234 e. The summed E-state index contributed by atoms with van der Waals surface area (Å²) in [5, 5.41) is 24.3. The molecule has 4 aromatic rings. The molecule has 2 amide bonds. The van der Waals surface area contributed by atoms with E-state index in [1.807, 2.05) is 24.3 Å². The number of fused-ring (bicyclic) bond motifs is 2. The number of nitrogens with one attached hydrogen (secondary N) is 1. The molecule has 184 valence electrons. The fourth-order valence-corrected chi connectivity index (χ4v) is 5.69. The van der Waals surface area contributed by atoms with Crippen molar-refractivity contribution in [2.45, 2.75) is 19.3 Å². The van der Waals surface area contributed by atoms with Gasteiger partial charge < -0.3 is 10.2 Å². The Morgan fingerprint density at radius 1 is 0.833 bits per heavy atom. The van der Waals surface area contributed by atoms with Crippen LogP contribution >= 0.6 is 0 Å². The monoisotopic (exact) mass is 504 g/mol. The molecule has 36 heavy (non-hydrogen) atoms. The quantitative estimate of drug-likeness (QED) is 0.265. The summed E-state index contributed by atoms with van der Waals surface area (Å²) in [6.07, 6.45) is 0.919. The fourth-order valence-electron chi connectivity index (χ4n) is 4.66. The standard InChI is InChI=1S/C27H24N2O6S/c30-23-13-12-17-6-1-2-7-18(17)26(23)21-16-22(19-8-3-4-9-20(19)27(21)33)28-36(34,35)15-14-29-24(31)10-5-11-25(29)32/h1-4,6-9,12-13,16,28,30,33H,5,10-11,14-15H2.